The number of hydrogen-bond donors (Lipinski definition) is 1. The molecule has 1 fully saturated rings. The van der Waals surface area contributed by atoms with Gasteiger partial charge in [-0.3, -0.25) is 4.79 Å². The average Bonchev–Trinajstić information content (AvgIpc) is 2.89. The van der Waals surface area contributed by atoms with Crippen LogP contribution < -0.4 is 19.7 Å². The van der Waals surface area contributed by atoms with Crippen molar-refractivity contribution in [3.05, 3.63) is 66.5 Å². The van der Waals surface area contributed by atoms with Crippen molar-refractivity contribution in [2.75, 3.05) is 31.2 Å². The highest BCUT2D eigenvalue weighted by Gasteiger charge is 2.27. The molecular weight excluding hydrogens is 428 g/mol. The molecule has 1 aliphatic heterocycles. The highest BCUT2D eigenvalue weighted by atomic mass is 16.5. The van der Waals surface area contributed by atoms with Gasteiger partial charge in [-0.1, -0.05) is 36.4 Å². The number of hydrogen-bond acceptors (Lipinski definition) is 6. The third-order valence-corrected chi connectivity index (χ3v) is 5.89. The van der Waals surface area contributed by atoms with E-state index in [9.17, 15) is 4.79 Å². The largest absolute Gasteiger partial charge is 0.490 e. The average molecular weight is 461 g/mol. The van der Waals surface area contributed by atoms with Gasteiger partial charge in [-0.25, -0.2) is 9.97 Å². The van der Waals surface area contributed by atoms with Crippen LogP contribution in [-0.2, 0) is 11.3 Å². The molecule has 2 aromatic carbocycles. The van der Waals surface area contributed by atoms with Crippen LogP contribution in [0.5, 0.6) is 11.5 Å². The molecule has 2 heterocycles. The van der Waals surface area contributed by atoms with Crippen molar-refractivity contribution in [3.8, 4) is 22.6 Å². The molecule has 0 unspecified atom stereocenters. The standard InChI is InChI=1S/C27H32N4O3/c1-3-33-24-13-12-20(15-25(24)34-4-2)16-28-26(32)22-11-8-14-31(19-22)27-29-17-23(18-30-27)21-9-6-5-7-10-21/h5-7,9-10,12-13,15,17-18,22H,3-4,8,11,14,16,19H2,1-2H3,(H,28,32)/t22-/m1/s1. The second kappa shape index (κ2) is 11.5. The molecule has 0 bridgehead atoms. The SMILES string of the molecule is CCOc1ccc(CNC(=O)[C@@H]2CCCN(c3ncc(-c4ccccc4)cn3)C2)cc1OCC. The van der Waals surface area contributed by atoms with Gasteiger partial charge in [0.25, 0.3) is 0 Å². The van der Waals surface area contributed by atoms with Crippen molar-refractivity contribution in [1.29, 1.82) is 0 Å². The molecular formula is C27H32N4O3. The Morgan fingerprint density at radius 3 is 2.47 bits per heavy atom. The van der Waals surface area contributed by atoms with Crippen LogP contribution in [-0.4, -0.2) is 42.2 Å². The van der Waals surface area contributed by atoms with Crippen LogP contribution in [0.4, 0.5) is 5.95 Å². The van der Waals surface area contributed by atoms with E-state index in [1.807, 2.05) is 74.8 Å². The summed E-state index contributed by atoms with van der Waals surface area (Å²) in [5, 5.41) is 3.09. The summed E-state index contributed by atoms with van der Waals surface area (Å²) in [6, 6.07) is 15.9. The second-order valence-corrected chi connectivity index (χ2v) is 8.29. The summed E-state index contributed by atoms with van der Waals surface area (Å²) in [4.78, 5) is 24.2. The van der Waals surface area contributed by atoms with Gasteiger partial charge in [-0.2, -0.15) is 0 Å². The normalized spacial score (nSPS) is 15.6. The minimum atomic E-state index is -0.0970. The Hall–Kier alpha value is -3.61. The number of benzene rings is 2. The minimum Gasteiger partial charge on any atom is -0.490 e. The topological polar surface area (TPSA) is 76.6 Å². The first kappa shape index (κ1) is 23.5. The Morgan fingerprint density at radius 2 is 1.74 bits per heavy atom. The molecule has 1 atom stereocenters. The molecule has 1 amide bonds. The van der Waals surface area contributed by atoms with E-state index in [2.05, 4.69) is 20.2 Å². The van der Waals surface area contributed by atoms with Gasteiger partial charge in [0.2, 0.25) is 11.9 Å². The van der Waals surface area contributed by atoms with Gasteiger partial charge in [0.15, 0.2) is 11.5 Å². The molecule has 7 nitrogen and oxygen atoms in total. The molecule has 0 radical (unpaired) electrons. The lowest BCUT2D eigenvalue weighted by molar-refractivity contribution is -0.125. The van der Waals surface area contributed by atoms with Gasteiger partial charge in [0.05, 0.1) is 19.1 Å². The van der Waals surface area contributed by atoms with Crippen LogP contribution in [0.3, 0.4) is 0 Å². The number of nitrogens with one attached hydrogen (secondary N) is 1. The number of nitrogens with zero attached hydrogens (tertiary/aromatic N) is 3. The minimum absolute atomic E-state index is 0.0532. The maximum Gasteiger partial charge on any atom is 0.225 e. The van der Waals surface area contributed by atoms with Crippen LogP contribution >= 0.6 is 0 Å². The predicted octanol–water partition coefficient (Wildman–Crippen LogP) is 4.47. The monoisotopic (exact) mass is 460 g/mol. The summed E-state index contributed by atoms with van der Waals surface area (Å²) in [6.45, 7) is 6.94. The Balaban J connectivity index is 1.35. The Morgan fingerprint density at radius 1 is 1.00 bits per heavy atom. The first-order valence-electron chi connectivity index (χ1n) is 12.0. The van der Waals surface area contributed by atoms with E-state index < -0.39 is 0 Å². The fraction of sp³-hybridized carbons (Fsp3) is 0.370. The zero-order valence-corrected chi connectivity index (χ0v) is 19.9. The van der Waals surface area contributed by atoms with Crippen molar-refractivity contribution >= 4 is 11.9 Å². The molecule has 178 valence electrons. The van der Waals surface area contributed by atoms with E-state index in [0.29, 0.717) is 38.0 Å². The van der Waals surface area contributed by atoms with Crippen LogP contribution in [0, 0.1) is 5.92 Å². The summed E-state index contributed by atoms with van der Waals surface area (Å²) >= 11 is 0. The molecule has 7 heteroatoms. The summed E-state index contributed by atoms with van der Waals surface area (Å²) in [7, 11) is 0. The van der Waals surface area contributed by atoms with Crippen molar-refractivity contribution in [3.63, 3.8) is 0 Å². The number of carbonyl (C=O) groups is 1. The van der Waals surface area contributed by atoms with Crippen LogP contribution in [0.2, 0.25) is 0 Å². The van der Waals surface area contributed by atoms with E-state index in [1.165, 1.54) is 0 Å². The van der Waals surface area contributed by atoms with E-state index in [0.717, 1.165) is 41.8 Å². The number of rotatable bonds is 9. The number of ether oxygens (including phenoxy) is 2. The van der Waals surface area contributed by atoms with Crippen LogP contribution in [0.1, 0.15) is 32.3 Å². The van der Waals surface area contributed by atoms with Crippen molar-refractivity contribution < 1.29 is 14.3 Å². The van der Waals surface area contributed by atoms with Crippen molar-refractivity contribution in [2.24, 2.45) is 5.92 Å². The summed E-state index contributed by atoms with van der Waals surface area (Å²) < 4.78 is 11.3. The number of carbonyl (C=O) groups excluding carboxylic acids is 1. The zero-order chi connectivity index (χ0) is 23.8. The first-order valence-corrected chi connectivity index (χ1v) is 12.0. The van der Waals surface area contributed by atoms with Gasteiger partial charge in [-0.05, 0) is 49.9 Å². The number of aromatic nitrogens is 2. The summed E-state index contributed by atoms with van der Waals surface area (Å²) in [5.41, 5.74) is 3.05. The van der Waals surface area contributed by atoms with Crippen molar-refractivity contribution in [2.45, 2.75) is 33.2 Å². The van der Waals surface area contributed by atoms with Gasteiger partial charge >= 0.3 is 0 Å². The summed E-state index contributed by atoms with van der Waals surface area (Å²) in [6.07, 6.45) is 5.49. The molecule has 1 N–H and O–H groups in total. The van der Waals surface area contributed by atoms with Gasteiger partial charge in [0, 0.05) is 37.6 Å². The maximum atomic E-state index is 12.9. The van der Waals surface area contributed by atoms with E-state index in [4.69, 9.17) is 9.47 Å². The lowest BCUT2D eigenvalue weighted by Gasteiger charge is -2.32. The first-order chi connectivity index (χ1) is 16.7. The smallest absolute Gasteiger partial charge is 0.225 e. The number of amides is 1. The van der Waals surface area contributed by atoms with Gasteiger partial charge < -0.3 is 19.7 Å². The zero-order valence-electron chi connectivity index (χ0n) is 19.9. The molecule has 3 aromatic rings. The third-order valence-electron chi connectivity index (χ3n) is 5.89. The van der Waals surface area contributed by atoms with E-state index in [-0.39, 0.29) is 11.8 Å². The second-order valence-electron chi connectivity index (χ2n) is 8.29. The lowest BCUT2D eigenvalue weighted by Crippen LogP contribution is -2.43. The van der Waals surface area contributed by atoms with Gasteiger partial charge in [-0.15, -0.1) is 0 Å². The third kappa shape index (κ3) is 5.84. The predicted molar refractivity (Wildman–Crippen MR) is 133 cm³/mol. The molecule has 4 rings (SSSR count). The number of piperidine rings is 1. The van der Waals surface area contributed by atoms with E-state index >= 15 is 0 Å². The van der Waals surface area contributed by atoms with Crippen LogP contribution in [0.15, 0.2) is 60.9 Å². The highest BCUT2D eigenvalue weighted by Crippen LogP contribution is 2.29. The van der Waals surface area contributed by atoms with Gasteiger partial charge in [0.1, 0.15) is 0 Å². The Kier molecular flexibility index (Phi) is 7.96. The molecule has 1 saturated heterocycles. The quantitative estimate of drug-likeness (QED) is 0.508. The fourth-order valence-electron chi connectivity index (χ4n) is 4.18. The molecule has 1 aliphatic rings. The Labute approximate surface area is 201 Å². The van der Waals surface area contributed by atoms with E-state index in [1.54, 1.807) is 0 Å². The lowest BCUT2D eigenvalue weighted by atomic mass is 9.97. The molecule has 0 aliphatic carbocycles. The van der Waals surface area contributed by atoms with Crippen LogP contribution in [0.25, 0.3) is 11.1 Å². The Bertz CT molecular complexity index is 1070. The molecule has 1 aromatic heterocycles. The summed E-state index contributed by atoms with van der Waals surface area (Å²) in [5.74, 6) is 2.05. The molecule has 0 saturated carbocycles. The molecule has 0 spiro atoms. The molecule has 34 heavy (non-hydrogen) atoms. The maximum absolute atomic E-state index is 12.9. The number of anilines is 1. The highest BCUT2D eigenvalue weighted by molar-refractivity contribution is 5.79. The van der Waals surface area contributed by atoms with Crippen molar-refractivity contribution in [1.82, 2.24) is 15.3 Å². The fourth-order valence-corrected chi connectivity index (χ4v) is 4.18.